The van der Waals surface area contributed by atoms with Gasteiger partial charge in [0.25, 0.3) is 0 Å². The minimum absolute atomic E-state index is 0.000451. The van der Waals surface area contributed by atoms with Crippen LogP contribution in [0.15, 0.2) is 12.1 Å². The molecular weight excluding hydrogens is 486 g/mol. The molecular formula is C28H47N5O5. The fourth-order valence-corrected chi connectivity index (χ4v) is 5.17. The summed E-state index contributed by atoms with van der Waals surface area (Å²) in [5.74, 6) is 0.0248. The van der Waals surface area contributed by atoms with Crippen LogP contribution < -0.4 is 10.6 Å². The van der Waals surface area contributed by atoms with Gasteiger partial charge in [-0.1, -0.05) is 6.07 Å². The van der Waals surface area contributed by atoms with Crippen LogP contribution in [0, 0.1) is 0 Å². The minimum Gasteiger partial charge on any atom is -0.480 e. The highest BCUT2D eigenvalue weighted by Crippen LogP contribution is 2.20. The number of hydrogen-bond acceptors (Lipinski definition) is 7. The molecule has 0 bridgehead atoms. The summed E-state index contributed by atoms with van der Waals surface area (Å²) in [7, 11) is 1.62. The molecule has 2 atom stereocenters. The van der Waals surface area contributed by atoms with E-state index in [1.807, 2.05) is 13.8 Å². The van der Waals surface area contributed by atoms with Crippen LogP contribution >= 0.6 is 0 Å². The molecule has 2 aliphatic rings. The van der Waals surface area contributed by atoms with E-state index in [2.05, 4.69) is 27.7 Å². The highest BCUT2D eigenvalue weighted by Gasteiger charge is 2.31. The number of amides is 2. The van der Waals surface area contributed by atoms with E-state index in [4.69, 9.17) is 14.5 Å². The normalized spacial score (nSPS) is 17.9. The van der Waals surface area contributed by atoms with Crippen molar-refractivity contribution < 1.29 is 24.2 Å². The number of aliphatic carboxylic acids is 1. The molecule has 1 aromatic heterocycles. The van der Waals surface area contributed by atoms with Gasteiger partial charge in [0.1, 0.15) is 11.9 Å². The maximum atomic E-state index is 12.8. The van der Waals surface area contributed by atoms with Gasteiger partial charge >= 0.3 is 12.0 Å². The number of hydrogen-bond donors (Lipinski definition) is 3. The maximum Gasteiger partial charge on any atom is 0.326 e. The van der Waals surface area contributed by atoms with Crippen LogP contribution in [0.2, 0.25) is 0 Å². The fraction of sp³-hybridized carbons (Fsp3) is 0.750. The summed E-state index contributed by atoms with van der Waals surface area (Å²) in [6.45, 7) is 8.82. The molecule has 10 heteroatoms. The number of nitrogens with zero attached hydrogens (tertiary/aromatic N) is 3. The molecule has 3 heterocycles. The third-order valence-corrected chi connectivity index (χ3v) is 7.29. The first-order valence-electron chi connectivity index (χ1n) is 14.2. The van der Waals surface area contributed by atoms with Gasteiger partial charge < -0.3 is 35.0 Å². The molecule has 3 N–H and O–H groups in total. The van der Waals surface area contributed by atoms with Crippen molar-refractivity contribution >= 4 is 17.8 Å². The van der Waals surface area contributed by atoms with Crippen molar-refractivity contribution in [1.82, 2.24) is 20.1 Å². The van der Waals surface area contributed by atoms with Gasteiger partial charge in [0.05, 0.1) is 25.4 Å². The molecule has 0 radical (unpaired) electrons. The predicted octanol–water partition coefficient (Wildman–Crippen LogP) is 3.15. The molecule has 0 aromatic carbocycles. The number of carbonyl (C=O) groups is 2. The standard InChI is InChI=1S/C28H47N5O5/c1-21(2)38-19-18-32(15-5-4-9-23-12-11-22-8-6-14-29-26(22)30-23)17-13-25(27(34)35)31-28(36)33-16-7-10-24(33)20-37-3/h11-12,21,24-25H,4-10,13-20H2,1-3H3,(H,29,30)(H,31,36)(H,34,35)/t24?,25-/m1/s1. The van der Waals surface area contributed by atoms with E-state index >= 15 is 0 Å². The molecule has 0 saturated carbocycles. The molecule has 38 heavy (non-hydrogen) atoms. The number of fused-ring (bicyclic) bond motifs is 1. The van der Waals surface area contributed by atoms with Gasteiger partial charge in [-0.25, -0.2) is 14.6 Å². The van der Waals surface area contributed by atoms with E-state index in [1.54, 1.807) is 12.0 Å². The highest BCUT2D eigenvalue weighted by atomic mass is 16.5. The molecule has 0 spiro atoms. The second kappa shape index (κ2) is 15.9. The molecule has 1 fully saturated rings. The van der Waals surface area contributed by atoms with Gasteiger partial charge in [-0.15, -0.1) is 0 Å². The molecule has 2 aliphatic heterocycles. The zero-order chi connectivity index (χ0) is 27.3. The summed E-state index contributed by atoms with van der Waals surface area (Å²) >= 11 is 0. The first-order valence-corrected chi connectivity index (χ1v) is 14.2. The smallest absolute Gasteiger partial charge is 0.326 e. The number of nitrogens with one attached hydrogen (secondary N) is 2. The topological polar surface area (TPSA) is 116 Å². The number of carbonyl (C=O) groups excluding carboxylic acids is 1. The van der Waals surface area contributed by atoms with Crippen LogP contribution in [0.5, 0.6) is 0 Å². The van der Waals surface area contributed by atoms with E-state index in [-0.39, 0.29) is 18.2 Å². The molecule has 10 nitrogen and oxygen atoms in total. The molecule has 2 amide bonds. The van der Waals surface area contributed by atoms with Gasteiger partial charge in [0.15, 0.2) is 0 Å². The lowest BCUT2D eigenvalue weighted by Crippen LogP contribution is -2.51. The number of methoxy groups -OCH3 is 1. The lowest BCUT2D eigenvalue weighted by Gasteiger charge is -2.28. The Morgan fingerprint density at radius 2 is 2.08 bits per heavy atom. The van der Waals surface area contributed by atoms with Gasteiger partial charge in [-0.2, -0.15) is 0 Å². The Morgan fingerprint density at radius 3 is 2.84 bits per heavy atom. The number of carboxylic acids is 1. The zero-order valence-corrected chi connectivity index (χ0v) is 23.4. The third kappa shape index (κ3) is 9.71. The van der Waals surface area contributed by atoms with E-state index in [9.17, 15) is 14.7 Å². The number of aromatic nitrogens is 1. The summed E-state index contributed by atoms with van der Waals surface area (Å²) < 4.78 is 11.0. The second-order valence-corrected chi connectivity index (χ2v) is 10.6. The van der Waals surface area contributed by atoms with Crippen LogP contribution in [0.25, 0.3) is 0 Å². The number of urea groups is 1. The molecule has 0 aliphatic carbocycles. The Hall–Kier alpha value is -2.43. The summed E-state index contributed by atoms with van der Waals surface area (Å²) in [6, 6.07) is 3.07. The van der Waals surface area contributed by atoms with E-state index < -0.39 is 12.0 Å². The number of unbranched alkanes of at least 4 members (excludes halogenated alkanes) is 1. The quantitative estimate of drug-likeness (QED) is 0.278. The van der Waals surface area contributed by atoms with Crippen LogP contribution in [0.1, 0.15) is 63.6 Å². The Balaban J connectivity index is 1.48. The monoisotopic (exact) mass is 533 g/mol. The summed E-state index contributed by atoms with van der Waals surface area (Å²) in [6.07, 6.45) is 7.40. The average Bonchev–Trinajstić information content (AvgIpc) is 3.36. The van der Waals surface area contributed by atoms with Crippen LogP contribution in [-0.4, -0.2) is 103 Å². The SMILES string of the molecule is COCC1CCCN1C(=O)N[C@H](CCN(CCCCc1ccc2c(n1)NCCC2)CCOC(C)C)C(=O)O. The minimum atomic E-state index is -1.01. The zero-order valence-electron chi connectivity index (χ0n) is 23.4. The summed E-state index contributed by atoms with van der Waals surface area (Å²) in [5, 5.41) is 16.0. The van der Waals surface area contributed by atoms with Crippen LogP contribution in [0.4, 0.5) is 10.6 Å². The Labute approximate surface area is 227 Å². The number of carboxylic acid groups (broad SMARTS) is 1. The lowest BCUT2D eigenvalue weighted by atomic mass is 10.1. The number of rotatable bonds is 16. The van der Waals surface area contributed by atoms with Gasteiger partial charge in [0, 0.05) is 39.0 Å². The Kier molecular flexibility index (Phi) is 12.6. The van der Waals surface area contributed by atoms with Crippen molar-refractivity contribution in [2.24, 2.45) is 0 Å². The number of pyridine rings is 1. The molecule has 1 saturated heterocycles. The largest absolute Gasteiger partial charge is 0.480 e. The third-order valence-electron chi connectivity index (χ3n) is 7.29. The maximum absolute atomic E-state index is 12.8. The Bertz CT molecular complexity index is 883. The van der Waals surface area contributed by atoms with E-state index in [0.717, 1.165) is 76.1 Å². The average molecular weight is 534 g/mol. The van der Waals surface area contributed by atoms with Crippen molar-refractivity contribution in [3.05, 3.63) is 23.4 Å². The lowest BCUT2D eigenvalue weighted by molar-refractivity contribution is -0.139. The first-order chi connectivity index (χ1) is 18.4. The van der Waals surface area contributed by atoms with Crippen molar-refractivity contribution in [1.29, 1.82) is 0 Å². The predicted molar refractivity (Wildman–Crippen MR) is 148 cm³/mol. The van der Waals surface area contributed by atoms with Crippen molar-refractivity contribution in [2.75, 3.05) is 58.4 Å². The molecule has 1 unspecified atom stereocenters. The second-order valence-electron chi connectivity index (χ2n) is 10.6. The summed E-state index contributed by atoms with van der Waals surface area (Å²) in [4.78, 5) is 33.5. The van der Waals surface area contributed by atoms with E-state index in [0.29, 0.717) is 32.7 Å². The molecule has 1 aromatic rings. The van der Waals surface area contributed by atoms with Crippen LogP contribution in [-0.2, 0) is 27.1 Å². The van der Waals surface area contributed by atoms with Crippen molar-refractivity contribution in [2.45, 2.75) is 83.4 Å². The summed E-state index contributed by atoms with van der Waals surface area (Å²) in [5.41, 5.74) is 2.41. The fourth-order valence-electron chi connectivity index (χ4n) is 5.17. The Morgan fingerprint density at radius 1 is 1.24 bits per heavy atom. The molecule has 3 rings (SSSR count). The van der Waals surface area contributed by atoms with Crippen molar-refractivity contribution in [3.8, 4) is 0 Å². The number of ether oxygens (including phenoxy) is 2. The van der Waals surface area contributed by atoms with Crippen molar-refractivity contribution in [3.63, 3.8) is 0 Å². The van der Waals surface area contributed by atoms with Crippen LogP contribution in [0.3, 0.4) is 0 Å². The van der Waals surface area contributed by atoms with E-state index in [1.165, 1.54) is 5.56 Å². The molecule has 214 valence electrons. The number of likely N-dealkylation sites (tertiary alicyclic amines) is 1. The first kappa shape index (κ1) is 30.1. The van der Waals surface area contributed by atoms with Gasteiger partial charge in [0.2, 0.25) is 0 Å². The van der Waals surface area contributed by atoms with Gasteiger partial charge in [-0.3, -0.25) is 0 Å². The highest BCUT2D eigenvalue weighted by molar-refractivity contribution is 5.82. The number of aryl methyl sites for hydroxylation is 2. The van der Waals surface area contributed by atoms with Gasteiger partial charge in [-0.05, 0) is 83.4 Å². The number of anilines is 1.